The molecule has 1 aliphatic heterocycles. The molecule has 0 radical (unpaired) electrons. The van der Waals surface area contributed by atoms with Crippen molar-refractivity contribution in [2.24, 2.45) is 7.05 Å². The van der Waals surface area contributed by atoms with Crippen LogP contribution in [-0.2, 0) is 18.4 Å². The molecule has 1 saturated heterocycles. The molecule has 0 saturated carbocycles. The lowest BCUT2D eigenvalue weighted by Crippen LogP contribution is -2.41. The molecule has 0 spiro atoms. The summed E-state index contributed by atoms with van der Waals surface area (Å²) >= 11 is 3.37. The first-order chi connectivity index (χ1) is 7.18. The van der Waals surface area contributed by atoms with Crippen LogP contribution in [0.1, 0.15) is 18.7 Å². The first kappa shape index (κ1) is 10.5. The number of carbonyl (C=O) groups excluding carboxylic acids is 1. The number of amides is 1. The summed E-state index contributed by atoms with van der Waals surface area (Å²) < 4.78 is 1.59. The Bertz CT molecular complexity index is 366. The quantitative estimate of drug-likeness (QED) is 0.717. The maximum absolute atomic E-state index is 11.8. The minimum Gasteiger partial charge on any atom is -0.334 e. The van der Waals surface area contributed by atoms with Gasteiger partial charge in [0.2, 0.25) is 5.91 Å². The Kier molecular flexibility index (Phi) is 2.99. The Hall–Kier alpha value is -0.980. The molecule has 6 nitrogen and oxygen atoms in total. The molecule has 0 aliphatic carbocycles. The van der Waals surface area contributed by atoms with Gasteiger partial charge in [0, 0.05) is 13.6 Å². The summed E-state index contributed by atoms with van der Waals surface area (Å²) in [6.07, 6.45) is 1.93. The summed E-state index contributed by atoms with van der Waals surface area (Å²) in [7, 11) is 1.77. The van der Waals surface area contributed by atoms with E-state index in [1.54, 1.807) is 16.6 Å². The van der Waals surface area contributed by atoms with Crippen LogP contribution in [0.5, 0.6) is 0 Å². The van der Waals surface area contributed by atoms with Crippen LogP contribution in [0.15, 0.2) is 0 Å². The van der Waals surface area contributed by atoms with Gasteiger partial charge in [-0.2, -0.15) is 0 Å². The topological polar surface area (TPSA) is 63.9 Å². The van der Waals surface area contributed by atoms with Crippen molar-refractivity contribution in [3.63, 3.8) is 0 Å². The summed E-state index contributed by atoms with van der Waals surface area (Å²) in [5.74, 6) is 0.842. The highest BCUT2D eigenvalue weighted by Gasteiger charge is 2.27. The summed E-state index contributed by atoms with van der Waals surface area (Å²) in [6.45, 7) is 1.28. The molecule has 1 aliphatic rings. The van der Waals surface area contributed by atoms with Crippen LogP contribution in [-0.4, -0.2) is 42.4 Å². The maximum Gasteiger partial charge on any atom is 0.236 e. The number of alkyl halides is 1. The number of nitrogens with zero attached hydrogens (tertiary/aromatic N) is 5. The van der Waals surface area contributed by atoms with Crippen molar-refractivity contribution in [3.8, 4) is 0 Å². The van der Waals surface area contributed by atoms with Crippen molar-refractivity contribution in [2.45, 2.75) is 24.2 Å². The second-order valence-corrected chi connectivity index (χ2v) is 4.69. The molecule has 7 heteroatoms. The van der Waals surface area contributed by atoms with Gasteiger partial charge in [0.15, 0.2) is 5.82 Å². The van der Waals surface area contributed by atoms with E-state index in [2.05, 4.69) is 31.5 Å². The normalized spacial score (nSPS) is 22.1. The zero-order valence-corrected chi connectivity index (χ0v) is 10.0. The predicted molar refractivity (Wildman–Crippen MR) is 56.2 cm³/mol. The highest BCUT2D eigenvalue weighted by Crippen LogP contribution is 2.19. The molecule has 0 bridgehead atoms. The minimum absolute atomic E-state index is 0.0487. The van der Waals surface area contributed by atoms with E-state index >= 15 is 0 Å². The maximum atomic E-state index is 11.8. The van der Waals surface area contributed by atoms with Crippen LogP contribution in [0.3, 0.4) is 0 Å². The van der Waals surface area contributed by atoms with E-state index in [4.69, 9.17) is 0 Å². The van der Waals surface area contributed by atoms with Crippen molar-refractivity contribution in [1.82, 2.24) is 25.1 Å². The fourth-order valence-electron chi connectivity index (χ4n) is 1.60. The molecule has 1 amide bonds. The van der Waals surface area contributed by atoms with Crippen LogP contribution < -0.4 is 0 Å². The van der Waals surface area contributed by atoms with E-state index in [9.17, 15) is 4.79 Å². The highest BCUT2D eigenvalue weighted by atomic mass is 79.9. The zero-order valence-electron chi connectivity index (χ0n) is 8.43. The van der Waals surface area contributed by atoms with Gasteiger partial charge in [0.1, 0.15) is 0 Å². The Balaban J connectivity index is 2.05. The molecule has 0 N–H and O–H groups in total. The van der Waals surface area contributed by atoms with Gasteiger partial charge >= 0.3 is 0 Å². The zero-order chi connectivity index (χ0) is 10.8. The number of aromatic nitrogens is 4. The third-order valence-electron chi connectivity index (χ3n) is 2.51. The molecule has 2 rings (SSSR count). The van der Waals surface area contributed by atoms with Gasteiger partial charge < -0.3 is 4.90 Å². The Labute approximate surface area is 95.8 Å². The van der Waals surface area contributed by atoms with Crippen LogP contribution >= 0.6 is 15.9 Å². The monoisotopic (exact) mass is 273 g/mol. The molecule has 1 fully saturated rings. The van der Waals surface area contributed by atoms with Gasteiger partial charge in [0.25, 0.3) is 0 Å². The number of aryl methyl sites for hydroxylation is 1. The van der Waals surface area contributed by atoms with Crippen molar-refractivity contribution in [3.05, 3.63) is 5.82 Å². The van der Waals surface area contributed by atoms with E-state index in [0.29, 0.717) is 12.4 Å². The third kappa shape index (κ3) is 2.17. The average molecular weight is 274 g/mol. The van der Waals surface area contributed by atoms with Crippen molar-refractivity contribution in [1.29, 1.82) is 0 Å². The fourth-order valence-corrected chi connectivity index (χ4v) is 2.22. The standard InChI is InChI=1S/C8H12BrN5O/c1-13-7(10-11-12-13)5-14-4-2-3-6(9)8(14)15/h6H,2-5H2,1H3. The average Bonchev–Trinajstić information content (AvgIpc) is 2.60. The van der Waals surface area contributed by atoms with Gasteiger partial charge in [-0.15, -0.1) is 5.10 Å². The van der Waals surface area contributed by atoms with Crippen LogP contribution in [0.2, 0.25) is 0 Å². The number of hydrogen-bond donors (Lipinski definition) is 0. The first-order valence-corrected chi connectivity index (χ1v) is 5.74. The lowest BCUT2D eigenvalue weighted by molar-refractivity contribution is -0.133. The summed E-state index contributed by atoms with van der Waals surface area (Å²) in [6, 6.07) is 0. The number of halogens is 1. The van der Waals surface area contributed by atoms with Crippen LogP contribution in [0.4, 0.5) is 0 Å². The number of likely N-dealkylation sites (tertiary alicyclic amines) is 1. The number of tetrazole rings is 1. The van der Waals surface area contributed by atoms with E-state index in [1.165, 1.54) is 0 Å². The Morgan fingerprint density at radius 2 is 2.40 bits per heavy atom. The first-order valence-electron chi connectivity index (χ1n) is 4.82. The Morgan fingerprint density at radius 1 is 1.60 bits per heavy atom. The molecule has 1 aromatic rings. The highest BCUT2D eigenvalue weighted by molar-refractivity contribution is 9.10. The van der Waals surface area contributed by atoms with E-state index in [1.807, 2.05) is 0 Å². The van der Waals surface area contributed by atoms with Crippen LogP contribution in [0.25, 0.3) is 0 Å². The van der Waals surface area contributed by atoms with E-state index in [-0.39, 0.29) is 10.7 Å². The van der Waals surface area contributed by atoms with Gasteiger partial charge in [-0.25, -0.2) is 4.68 Å². The van der Waals surface area contributed by atoms with Gasteiger partial charge in [-0.3, -0.25) is 4.79 Å². The molecule has 1 unspecified atom stereocenters. The third-order valence-corrected chi connectivity index (χ3v) is 3.35. The van der Waals surface area contributed by atoms with Gasteiger partial charge in [0.05, 0.1) is 11.4 Å². The molecule has 0 aromatic carbocycles. The summed E-state index contributed by atoms with van der Waals surface area (Å²) in [5.41, 5.74) is 0. The largest absolute Gasteiger partial charge is 0.334 e. The van der Waals surface area contributed by atoms with Crippen LogP contribution in [0, 0.1) is 0 Å². The summed E-state index contributed by atoms with van der Waals surface area (Å²) in [5, 5.41) is 11.1. The lowest BCUT2D eigenvalue weighted by Gasteiger charge is -2.28. The van der Waals surface area contributed by atoms with Crippen molar-refractivity contribution < 1.29 is 4.79 Å². The molecule has 15 heavy (non-hydrogen) atoms. The number of rotatable bonds is 2. The smallest absolute Gasteiger partial charge is 0.236 e. The van der Waals surface area contributed by atoms with E-state index in [0.717, 1.165) is 19.4 Å². The predicted octanol–water partition coefficient (Wildman–Crippen LogP) is 0.0960. The second kappa shape index (κ2) is 4.26. The number of piperidine rings is 1. The summed E-state index contributed by atoms with van der Waals surface area (Å²) in [4.78, 5) is 13.5. The molecular weight excluding hydrogens is 262 g/mol. The van der Waals surface area contributed by atoms with Gasteiger partial charge in [-0.05, 0) is 23.3 Å². The molecule has 82 valence electrons. The molecule has 1 aromatic heterocycles. The number of hydrogen-bond acceptors (Lipinski definition) is 4. The Morgan fingerprint density at radius 3 is 3.07 bits per heavy atom. The fraction of sp³-hybridized carbons (Fsp3) is 0.750. The van der Waals surface area contributed by atoms with E-state index < -0.39 is 0 Å². The molecule has 2 heterocycles. The SMILES string of the molecule is Cn1nnnc1CN1CCCC(Br)C1=O. The number of carbonyl (C=O) groups is 1. The second-order valence-electron chi connectivity index (χ2n) is 3.59. The van der Waals surface area contributed by atoms with Gasteiger partial charge in [-0.1, -0.05) is 15.9 Å². The minimum atomic E-state index is -0.0487. The van der Waals surface area contributed by atoms with Crippen molar-refractivity contribution >= 4 is 21.8 Å². The molecular formula is C8H12BrN5O. The molecule has 1 atom stereocenters. The van der Waals surface area contributed by atoms with Crippen molar-refractivity contribution in [2.75, 3.05) is 6.54 Å². The lowest BCUT2D eigenvalue weighted by atomic mass is 10.1.